The van der Waals surface area contributed by atoms with E-state index in [0.29, 0.717) is 50.5 Å². The van der Waals surface area contributed by atoms with Crippen molar-refractivity contribution in [1.82, 2.24) is 4.90 Å². The molecule has 0 aromatic heterocycles. The molecule has 0 unspecified atom stereocenters. The molecule has 1 aliphatic carbocycles. The van der Waals surface area contributed by atoms with Gasteiger partial charge < -0.3 is 15.5 Å². The van der Waals surface area contributed by atoms with Crippen molar-refractivity contribution in [2.45, 2.75) is 77.4 Å². The maximum atomic E-state index is 13.3. The second-order valence-corrected chi connectivity index (χ2v) is 9.92. The average Bonchev–Trinajstić information content (AvgIpc) is 2.77. The van der Waals surface area contributed by atoms with Gasteiger partial charge in [-0.1, -0.05) is 46.0 Å². The molecular weight excluding hydrogens is 415 g/mol. The zero-order valence-corrected chi connectivity index (χ0v) is 19.5. The molecule has 0 bridgehead atoms. The summed E-state index contributed by atoms with van der Waals surface area (Å²) in [7, 11) is 0. The minimum absolute atomic E-state index is 0.208. The van der Waals surface area contributed by atoms with Crippen LogP contribution in [0.2, 0.25) is 0 Å². The summed E-state index contributed by atoms with van der Waals surface area (Å²) in [5.41, 5.74) is 6.99. The smallest absolute Gasteiger partial charge is 0.368 e. The van der Waals surface area contributed by atoms with Crippen LogP contribution in [0.15, 0.2) is 18.2 Å². The first-order chi connectivity index (χ1) is 15.1. The van der Waals surface area contributed by atoms with Crippen molar-refractivity contribution in [2.75, 3.05) is 31.1 Å². The van der Waals surface area contributed by atoms with E-state index in [9.17, 15) is 18.0 Å². The van der Waals surface area contributed by atoms with Gasteiger partial charge in [0.05, 0.1) is 5.56 Å². The molecule has 4 nitrogen and oxygen atoms in total. The Morgan fingerprint density at radius 2 is 1.75 bits per heavy atom. The van der Waals surface area contributed by atoms with E-state index in [0.717, 1.165) is 18.2 Å². The van der Waals surface area contributed by atoms with Crippen LogP contribution in [0.1, 0.15) is 82.4 Å². The monoisotopic (exact) mass is 453 g/mol. The number of amides is 1. The van der Waals surface area contributed by atoms with E-state index >= 15 is 0 Å². The third-order valence-electron chi connectivity index (χ3n) is 6.94. The van der Waals surface area contributed by atoms with Crippen LogP contribution in [0.5, 0.6) is 0 Å². The highest BCUT2D eigenvalue weighted by Gasteiger charge is 2.33. The first-order valence-electron chi connectivity index (χ1n) is 12.1. The predicted octanol–water partition coefficient (Wildman–Crippen LogP) is 5.76. The van der Waals surface area contributed by atoms with Crippen LogP contribution in [0.25, 0.3) is 0 Å². The van der Waals surface area contributed by atoms with E-state index in [1.54, 1.807) is 6.07 Å². The number of anilines is 1. The third kappa shape index (κ3) is 6.63. The lowest BCUT2D eigenvalue weighted by Gasteiger charge is -2.38. The van der Waals surface area contributed by atoms with Crippen LogP contribution >= 0.6 is 0 Å². The summed E-state index contributed by atoms with van der Waals surface area (Å²) in [5.74, 6) is 1.18. The van der Waals surface area contributed by atoms with Gasteiger partial charge in [-0.25, -0.2) is 0 Å². The number of benzene rings is 1. The highest BCUT2D eigenvalue weighted by molar-refractivity contribution is 5.76. The van der Waals surface area contributed by atoms with Crippen molar-refractivity contribution in [1.29, 1.82) is 0 Å². The van der Waals surface area contributed by atoms with Crippen molar-refractivity contribution in [2.24, 2.45) is 17.6 Å². The topological polar surface area (TPSA) is 49.6 Å². The lowest BCUT2D eigenvalue weighted by Crippen LogP contribution is -2.49. The van der Waals surface area contributed by atoms with E-state index in [1.165, 1.54) is 38.2 Å². The second-order valence-electron chi connectivity index (χ2n) is 9.92. The Morgan fingerprint density at radius 3 is 2.34 bits per heavy atom. The molecule has 7 heteroatoms. The number of halogens is 3. The van der Waals surface area contributed by atoms with E-state index < -0.39 is 17.8 Å². The molecule has 1 heterocycles. The molecule has 0 radical (unpaired) electrons. The van der Waals surface area contributed by atoms with Gasteiger partial charge in [0.15, 0.2) is 0 Å². The van der Waals surface area contributed by atoms with Gasteiger partial charge in [0.25, 0.3) is 0 Å². The summed E-state index contributed by atoms with van der Waals surface area (Å²) in [5, 5.41) is 0. The second kappa shape index (κ2) is 10.9. The van der Waals surface area contributed by atoms with Crippen LogP contribution in [-0.4, -0.2) is 37.0 Å². The lowest BCUT2D eigenvalue weighted by molar-refractivity contribution is -0.137. The fourth-order valence-electron chi connectivity index (χ4n) is 5.11. The molecule has 1 aromatic carbocycles. The molecule has 3 rings (SSSR count). The summed E-state index contributed by atoms with van der Waals surface area (Å²) < 4.78 is 39.9. The Balaban J connectivity index is 1.63. The molecule has 0 spiro atoms. The Bertz CT molecular complexity index is 751. The molecule has 1 aliphatic heterocycles. The molecule has 2 aliphatic rings. The predicted molar refractivity (Wildman–Crippen MR) is 122 cm³/mol. The number of hydrogen-bond donors (Lipinski definition) is 1. The maximum Gasteiger partial charge on any atom is 0.416 e. The molecule has 180 valence electrons. The standard InChI is InChI=1S/C25H38F3N3O/c1-18(2)16-22(29)21-17-20(25(26,27)28)9-10-23(21)30-12-14-31(15-13-30)24(32)11-8-19-6-4-3-5-7-19/h9-10,17-19,22H,3-8,11-16,29H2,1-2H3/t22-/m0/s1. The zero-order chi connectivity index (χ0) is 23.3. The highest BCUT2D eigenvalue weighted by Crippen LogP contribution is 2.36. The first kappa shape index (κ1) is 24.9. The quantitative estimate of drug-likeness (QED) is 0.571. The first-order valence-corrected chi connectivity index (χ1v) is 12.1. The minimum atomic E-state index is -4.39. The van der Waals surface area contributed by atoms with Gasteiger partial charge >= 0.3 is 6.18 Å². The number of hydrogen-bond acceptors (Lipinski definition) is 3. The summed E-state index contributed by atoms with van der Waals surface area (Å²) >= 11 is 0. The van der Waals surface area contributed by atoms with Crippen molar-refractivity contribution >= 4 is 11.6 Å². The normalized spacial score (nSPS) is 19.5. The Morgan fingerprint density at radius 1 is 1.09 bits per heavy atom. The van der Waals surface area contributed by atoms with Gasteiger partial charge in [0.2, 0.25) is 5.91 Å². The minimum Gasteiger partial charge on any atom is -0.368 e. The zero-order valence-electron chi connectivity index (χ0n) is 19.5. The lowest BCUT2D eigenvalue weighted by atomic mass is 9.86. The van der Waals surface area contributed by atoms with Gasteiger partial charge in [-0.05, 0) is 48.4 Å². The Labute approximate surface area is 190 Å². The third-order valence-corrected chi connectivity index (χ3v) is 6.94. The highest BCUT2D eigenvalue weighted by atomic mass is 19.4. The summed E-state index contributed by atoms with van der Waals surface area (Å²) in [6.07, 6.45) is 4.18. The fraction of sp³-hybridized carbons (Fsp3) is 0.720. The van der Waals surface area contributed by atoms with Crippen LogP contribution in [-0.2, 0) is 11.0 Å². The van der Waals surface area contributed by atoms with E-state index in [2.05, 4.69) is 4.90 Å². The number of rotatable bonds is 7. The fourth-order valence-corrected chi connectivity index (χ4v) is 5.11. The van der Waals surface area contributed by atoms with Gasteiger partial charge in [-0.3, -0.25) is 4.79 Å². The summed E-state index contributed by atoms with van der Waals surface area (Å²) in [6, 6.07) is 3.45. The number of piperazine rings is 1. The molecule has 1 saturated carbocycles. The molecule has 2 fully saturated rings. The largest absolute Gasteiger partial charge is 0.416 e. The number of carbonyl (C=O) groups is 1. The van der Waals surface area contributed by atoms with Gasteiger partial charge in [0.1, 0.15) is 0 Å². The molecule has 1 atom stereocenters. The van der Waals surface area contributed by atoms with E-state index in [-0.39, 0.29) is 11.8 Å². The van der Waals surface area contributed by atoms with Crippen LogP contribution in [0.4, 0.5) is 18.9 Å². The molecule has 32 heavy (non-hydrogen) atoms. The summed E-state index contributed by atoms with van der Waals surface area (Å²) in [6.45, 7) is 6.46. The van der Waals surface area contributed by atoms with E-state index in [4.69, 9.17) is 5.73 Å². The maximum absolute atomic E-state index is 13.3. The Hall–Kier alpha value is -1.76. The van der Waals surface area contributed by atoms with Crippen molar-refractivity contribution < 1.29 is 18.0 Å². The van der Waals surface area contributed by atoms with Crippen LogP contribution < -0.4 is 10.6 Å². The van der Waals surface area contributed by atoms with Crippen molar-refractivity contribution in [3.63, 3.8) is 0 Å². The number of nitrogens with zero attached hydrogens (tertiary/aromatic N) is 2. The molecule has 1 amide bonds. The molecular formula is C25H38F3N3O. The van der Waals surface area contributed by atoms with Crippen LogP contribution in [0.3, 0.4) is 0 Å². The van der Waals surface area contributed by atoms with Gasteiger partial charge in [-0.2, -0.15) is 13.2 Å². The molecule has 2 N–H and O–H groups in total. The molecule has 1 aromatic rings. The SMILES string of the molecule is CC(C)C[C@H](N)c1cc(C(F)(F)F)ccc1N1CCN(C(=O)CCC2CCCCC2)CC1. The summed E-state index contributed by atoms with van der Waals surface area (Å²) in [4.78, 5) is 16.7. The Kier molecular flexibility index (Phi) is 8.48. The van der Waals surface area contributed by atoms with Crippen LogP contribution in [0, 0.1) is 11.8 Å². The number of carbonyl (C=O) groups excluding carboxylic acids is 1. The van der Waals surface area contributed by atoms with Crippen molar-refractivity contribution in [3.8, 4) is 0 Å². The van der Waals surface area contributed by atoms with E-state index in [1.807, 2.05) is 18.7 Å². The number of nitrogens with two attached hydrogens (primary N) is 1. The average molecular weight is 454 g/mol. The molecule has 1 saturated heterocycles. The van der Waals surface area contributed by atoms with Crippen molar-refractivity contribution in [3.05, 3.63) is 29.3 Å². The van der Waals surface area contributed by atoms with Gasteiger partial charge in [0, 0.05) is 44.3 Å². The number of alkyl halides is 3. The van der Waals surface area contributed by atoms with Gasteiger partial charge in [-0.15, -0.1) is 0 Å².